The standard InChI is InChI=1S/C21H18F2S.2C20H16F2S/c1-13-5-12-19(24-13)18-11-10-17(20(22)21(18)23)16-8-6-15(7-9-16)14-3-2-4-14;2*1-12-2-11-18(23-12)17-10-9-16(19(21)20(17)22)15-7-5-14(6-8-15)13-3-4-13/h5-12,14H,2-4H2,1H3;2*2,5-11,13H,3-4H2,1H3. The maximum absolute atomic E-state index is 14.6. The predicted molar refractivity (Wildman–Crippen MR) is 280 cm³/mol. The number of benzene rings is 6. The Labute approximate surface area is 418 Å². The third-order valence-corrected chi connectivity index (χ3v) is 16.7. The molecule has 3 heterocycles. The van der Waals surface area contributed by atoms with Crippen molar-refractivity contribution in [2.75, 3.05) is 0 Å². The molecule has 0 amide bonds. The van der Waals surface area contributed by atoms with E-state index in [0.29, 0.717) is 51.1 Å². The molecule has 0 aliphatic heterocycles. The third-order valence-electron chi connectivity index (χ3n) is 13.6. The Balaban J connectivity index is 0.000000122. The third kappa shape index (κ3) is 10.3. The molecule has 12 rings (SSSR count). The number of hydrogen-bond donors (Lipinski definition) is 0. The molecule has 9 aromatic rings. The van der Waals surface area contributed by atoms with Crippen molar-refractivity contribution < 1.29 is 26.3 Å². The molecular weight excluding hydrogens is 943 g/mol. The molecule has 0 atom stereocenters. The van der Waals surface area contributed by atoms with E-state index in [1.54, 1.807) is 36.4 Å². The van der Waals surface area contributed by atoms with Crippen LogP contribution in [0.5, 0.6) is 0 Å². The molecule has 0 nitrogen and oxygen atoms in total. The van der Waals surface area contributed by atoms with Crippen LogP contribution in [-0.2, 0) is 0 Å². The average molecular weight is 993 g/mol. The fourth-order valence-electron chi connectivity index (χ4n) is 9.01. The van der Waals surface area contributed by atoms with Crippen LogP contribution in [0.3, 0.4) is 0 Å². The second-order valence-electron chi connectivity index (χ2n) is 18.6. The summed E-state index contributed by atoms with van der Waals surface area (Å²) in [6.45, 7) is 5.87. The number of rotatable bonds is 9. The number of thiophene rings is 3. The van der Waals surface area contributed by atoms with E-state index in [0.717, 1.165) is 46.0 Å². The van der Waals surface area contributed by atoms with Gasteiger partial charge < -0.3 is 0 Å². The smallest absolute Gasteiger partial charge is 0.168 e. The van der Waals surface area contributed by atoms with E-state index in [2.05, 4.69) is 0 Å². The van der Waals surface area contributed by atoms with Gasteiger partial charge in [0.1, 0.15) is 0 Å². The molecule has 6 aromatic carbocycles. The molecule has 3 aliphatic carbocycles. The van der Waals surface area contributed by atoms with Gasteiger partial charge >= 0.3 is 0 Å². The van der Waals surface area contributed by atoms with E-state index in [9.17, 15) is 26.3 Å². The Kier molecular flexibility index (Phi) is 13.9. The van der Waals surface area contributed by atoms with E-state index in [1.807, 2.05) is 130 Å². The highest BCUT2D eigenvalue weighted by molar-refractivity contribution is 7.16. The summed E-state index contributed by atoms with van der Waals surface area (Å²) >= 11 is 4.41. The Bertz CT molecular complexity index is 3150. The lowest BCUT2D eigenvalue weighted by Crippen LogP contribution is -2.08. The van der Waals surface area contributed by atoms with Crippen LogP contribution in [0.25, 0.3) is 64.7 Å². The minimum atomic E-state index is -0.771. The van der Waals surface area contributed by atoms with E-state index in [1.165, 1.54) is 95.6 Å². The largest absolute Gasteiger partial charge is 0.203 e. The van der Waals surface area contributed by atoms with Gasteiger partial charge in [-0.15, -0.1) is 34.0 Å². The normalized spacial score (nSPS) is 14.4. The van der Waals surface area contributed by atoms with Crippen molar-refractivity contribution in [3.63, 3.8) is 0 Å². The van der Waals surface area contributed by atoms with Gasteiger partial charge in [-0.1, -0.05) is 97.4 Å². The molecule has 0 unspecified atom stereocenters. The summed E-state index contributed by atoms with van der Waals surface area (Å²) < 4.78 is 87.2. The summed E-state index contributed by atoms with van der Waals surface area (Å²) in [5.74, 6) is -2.64. The first-order chi connectivity index (χ1) is 33.9. The van der Waals surface area contributed by atoms with Gasteiger partial charge in [0.05, 0.1) is 0 Å². The summed E-state index contributed by atoms with van der Waals surface area (Å²) in [4.78, 5) is 5.53. The SMILES string of the molecule is Cc1ccc(-c2ccc(-c3ccc(C4CC4)cc3)c(F)c2F)s1.Cc1ccc(-c2ccc(-c3ccc(C4CC4)cc3)c(F)c2F)s1.Cc1ccc(-c2ccc(-c3ccc(C4CCC4)cc3)c(F)c2F)s1. The van der Waals surface area contributed by atoms with Crippen LogP contribution in [-0.4, -0.2) is 0 Å². The van der Waals surface area contributed by atoms with Crippen LogP contribution >= 0.6 is 34.0 Å². The molecule has 0 saturated heterocycles. The monoisotopic (exact) mass is 992 g/mol. The summed E-state index contributed by atoms with van der Waals surface area (Å²) in [6, 6.07) is 44.9. The fraction of sp³-hybridized carbons (Fsp3) is 0.213. The van der Waals surface area contributed by atoms with Crippen molar-refractivity contribution in [2.24, 2.45) is 0 Å². The lowest BCUT2D eigenvalue weighted by molar-refractivity contribution is 0.420. The van der Waals surface area contributed by atoms with E-state index < -0.39 is 34.9 Å². The zero-order valence-electron chi connectivity index (χ0n) is 39.0. The second kappa shape index (κ2) is 20.4. The topological polar surface area (TPSA) is 0 Å². The summed E-state index contributed by atoms with van der Waals surface area (Å²) in [5, 5.41) is 0. The highest BCUT2D eigenvalue weighted by atomic mass is 32.1. The molecule has 0 N–H and O–H groups in total. The molecule has 0 bridgehead atoms. The zero-order valence-corrected chi connectivity index (χ0v) is 41.5. The van der Waals surface area contributed by atoms with Crippen molar-refractivity contribution in [1.82, 2.24) is 0 Å². The number of aryl methyl sites for hydroxylation is 3. The molecule has 0 radical (unpaired) electrons. The first-order valence-electron chi connectivity index (χ1n) is 23.9. The molecular formula is C61H50F6S3. The Morgan fingerprint density at radius 3 is 0.743 bits per heavy atom. The zero-order chi connectivity index (χ0) is 48.6. The Morgan fingerprint density at radius 2 is 0.529 bits per heavy atom. The van der Waals surface area contributed by atoms with Gasteiger partial charge in [-0.3, -0.25) is 0 Å². The molecule has 3 fully saturated rings. The van der Waals surface area contributed by atoms with Gasteiger partial charge in [0.15, 0.2) is 34.9 Å². The highest BCUT2D eigenvalue weighted by Gasteiger charge is 2.26. The molecule has 3 saturated carbocycles. The van der Waals surface area contributed by atoms with Crippen molar-refractivity contribution in [3.05, 3.63) is 212 Å². The van der Waals surface area contributed by atoms with Gasteiger partial charge in [-0.05, 0) is 165 Å². The van der Waals surface area contributed by atoms with Crippen LogP contribution in [0.2, 0.25) is 0 Å². The van der Waals surface area contributed by atoms with Gasteiger partial charge in [-0.25, -0.2) is 26.3 Å². The molecule has 0 spiro atoms. The number of halogens is 6. The Hall–Kier alpha value is -6.00. The van der Waals surface area contributed by atoms with Crippen LogP contribution in [0.1, 0.15) is 94.0 Å². The molecule has 354 valence electrons. The van der Waals surface area contributed by atoms with Gasteiger partial charge in [0.2, 0.25) is 0 Å². The van der Waals surface area contributed by atoms with Crippen molar-refractivity contribution in [2.45, 2.75) is 83.5 Å². The predicted octanol–water partition coefficient (Wildman–Crippen LogP) is 20.0. The minimum Gasteiger partial charge on any atom is -0.203 e. The summed E-state index contributed by atoms with van der Waals surface area (Å²) in [5.41, 5.74) is 8.02. The van der Waals surface area contributed by atoms with Crippen LogP contribution < -0.4 is 0 Å². The highest BCUT2D eigenvalue weighted by Crippen LogP contribution is 2.43. The first kappa shape index (κ1) is 47.7. The minimum absolute atomic E-state index is 0.321. The average Bonchev–Trinajstić information content (AvgIpc) is 4.26. The molecule has 9 heteroatoms. The van der Waals surface area contributed by atoms with Crippen LogP contribution in [0.15, 0.2) is 146 Å². The second-order valence-corrected chi connectivity index (χ2v) is 22.5. The fourth-order valence-corrected chi connectivity index (χ4v) is 11.7. The lowest BCUT2D eigenvalue weighted by Gasteiger charge is -2.25. The Morgan fingerprint density at radius 1 is 0.286 bits per heavy atom. The lowest BCUT2D eigenvalue weighted by atomic mass is 9.80. The quantitative estimate of drug-likeness (QED) is 0.126. The van der Waals surface area contributed by atoms with Crippen molar-refractivity contribution in [1.29, 1.82) is 0 Å². The number of hydrogen-bond acceptors (Lipinski definition) is 3. The molecule has 3 aliphatic rings. The first-order valence-corrected chi connectivity index (χ1v) is 26.3. The summed E-state index contributed by atoms with van der Waals surface area (Å²) in [6.07, 6.45) is 8.69. The van der Waals surface area contributed by atoms with Crippen LogP contribution in [0, 0.1) is 55.7 Å². The molecule has 70 heavy (non-hydrogen) atoms. The maximum Gasteiger partial charge on any atom is 0.168 e. The molecule has 3 aromatic heterocycles. The summed E-state index contributed by atoms with van der Waals surface area (Å²) in [7, 11) is 0. The van der Waals surface area contributed by atoms with E-state index in [4.69, 9.17) is 0 Å². The van der Waals surface area contributed by atoms with Gasteiger partial charge in [0, 0.05) is 62.6 Å². The van der Waals surface area contributed by atoms with Crippen molar-refractivity contribution in [3.8, 4) is 64.7 Å². The maximum atomic E-state index is 14.6. The van der Waals surface area contributed by atoms with Crippen molar-refractivity contribution >= 4 is 34.0 Å². The van der Waals surface area contributed by atoms with Crippen LogP contribution in [0.4, 0.5) is 26.3 Å². The van der Waals surface area contributed by atoms with E-state index in [-0.39, 0.29) is 0 Å². The van der Waals surface area contributed by atoms with Gasteiger partial charge in [0.25, 0.3) is 0 Å². The van der Waals surface area contributed by atoms with Gasteiger partial charge in [-0.2, -0.15) is 0 Å². The van der Waals surface area contributed by atoms with E-state index >= 15 is 0 Å².